The highest BCUT2D eigenvalue weighted by Crippen LogP contribution is 2.77. The highest BCUT2D eigenvalue weighted by Gasteiger charge is 2.70. The van der Waals surface area contributed by atoms with Crippen molar-refractivity contribution in [2.75, 3.05) is 0 Å². The summed E-state index contributed by atoms with van der Waals surface area (Å²) >= 11 is 1.65. The maximum absolute atomic E-state index is 12.9. The summed E-state index contributed by atoms with van der Waals surface area (Å²) < 4.78 is 6.23. The summed E-state index contributed by atoms with van der Waals surface area (Å²) in [7, 11) is 0. The Balaban J connectivity index is 1.25. The predicted molar refractivity (Wildman–Crippen MR) is 168 cm³/mol. The van der Waals surface area contributed by atoms with E-state index in [-0.39, 0.29) is 17.5 Å². The molecule has 0 aliphatic heterocycles. The fourth-order valence-corrected chi connectivity index (χ4v) is 13.0. The third kappa shape index (κ3) is 4.02. The Morgan fingerprint density at radius 2 is 1.70 bits per heavy atom. The lowest BCUT2D eigenvalue weighted by Gasteiger charge is -2.73. The highest BCUT2D eigenvalue weighted by atomic mass is 32.1. The fourth-order valence-electron chi connectivity index (χ4n) is 12.4. The van der Waals surface area contributed by atoms with Crippen LogP contribution < -0.4 is 0 Å². The number of hydrogen-bond acceptors (Lipinski definition) is 3. The van der Waals surface area contributed by atoms with Gasteiger partial charge in [0.2, 0.25) is 0 Å². The van der Waals surface area contributed by atoms with Crippen molar-refractivity contribution in [1.82, 2.24) is 0 Å². The van der Waals surface area contributed by atoms with Gasteiger partial charge in [-0.2, -0.15) is 0 Å². The van der Waals surface area contributed by atoms with Gasteiger partial charge in [-0.05, 0) is 140 Å². The van der Waals surface area contributed by atoms with E-state index in [0.29, 0.717) is 27.6 Å². The molecule has 5 fully saturated rings. The Bertz CT molecular complexity index is 1180. The van der Waals surface area contributed by atoms with E-state index in [4.69, 9.17) is 4.74 Å². The number of ether oxygens (including phenoxy) is 1. The second kappa shape index (κ2) is 9.58. The molecular formula is C37H54O2S. The average molecular weight is 563 g/mol. The van der Waals surface area contributed by atoms with E-state index < -0.39 is 0 Å². The monoisotopic (exact) mass is 562 g/mol. The average Bonchev–Trinajstić information content (AvgIpc) is 3.53. The topological polar surface area (TPSA) is 26.3 Å². The normalized spacial score (nSPS) is 47.6. The fraction of sp³-hybridized carbons (Fsp3) is 0.757. The van der Waals surface area contributed by atoms with Crippen molar-refractivity contribution in [2.45, 2.75) is 119 Å². The molecule has 220 valence electrons. The first-order valence-electron chi connectivity index (χ1n) is 16.3. The van der Waals surface area contributed by atoms with Crippen molar-refractivity contribution in [3.05, 3.63) is 40.6 Å². The second-order valence-corrected chi connectivity index (χ2v) is 17.5. The van der Waals surface area contributed by atoms with E-state index >= 15 is 0 Å². The number of thiophene rings is 1. The number of fused-ring (bicyclic) bond motifs is 7. The standard InChI is InChI=1S/C37H54O2S/c1-24(2)26-15-18-34(5)21-22-36(7)27(32(26)34)12-13-29-35(6)19-17-30(33(3,4)28(35)16-20-37(29,36)8)39-31(38)14-11-25-10-9-23-40-25/h9-11,14,23,26-30,32H,1,12-13,15-22H2,2-8H3/b14-11+/t26-,27+,28-,29+,30-,32+,34+,35-,36+,37+/m0/s1. The molecule has 6 rings (SSSR count). The summed E-state index contributed by atoms with van der Waals surface area (Å²) in [5.41, 5.74) is 3.05. The Morgan fingerprint density at radius 3 is 2.40 bits per heavy atom. The van der Waals surface area contributed by atoms with Gasteiger partial charge in [-0.1, -0.05) is 59.8 Å². The van der Waals surface area contributed by atoms with Crippen LogP contribution in [0.3, 0.4) is 0 Å². The molecular weight excluding hydrogens is 508 g/mol. The number of rotatable bonds is 4. The molecule has 1 heterocycles. The number of allylic oxidation sites excluding steroid dienone is 1. The van der Waals surface area contributed by atoms with E-state index in [1.54, 1.807) is 17.4 Å². The SMILES string of the molecule is C=C(C)[C@@H]1CC[C@]2(C)CC[C@]3(C)[C@H](CC[C@@H]4[C@@]5(C)CC[C@H](OC(=O)/C=C/c6cccs6)C(C)(C)[C@@H]5CC[C@]43C)[C@@H]12. The smallest absolute Gasteiger partial charge is 0.331 e. The summed E-state index contributed by atoms with van der Waals surface area (Å²) in [5.74, 6) is 3.54. The van der Waals surface area contributed by atoms with Gasteiger partial charge >= 0.3 is 5.97 Å². The molecule has 0 bridgehead atoms. The first-order valence-corrected chi connectivity index (χ1v) is 17.2. The molecule has 0 unspecified atom stereocenters. The summed E-state index contributed by atoms with van der Waals surface area (Å²) in [5, 5.41) is 2.04. The number of carbonyl (C=O) groups excluding carboxylic acids is 1. The van der Waals surface area contributed by atoms with Gasteiger partial charge in [-0.25, -0.2) is 4.79 Å². The first kappa shape index (κ1) is 28.8. The molecule has 0 amide bonds. The summed E-state index contributed by atoms with van der Waals surface area (Å²) in [4.78, 5) is 14.0. The number of esters is 1. The van der Waals surface area contributed by atoms with Crippen LogP contribution in [0.2, 0.25) is 0 Å². The van der Waals surface area contributed by atoms with Crippen LogP contribution in [-0.2, 0) is 9.53 Å². The van der Waals surface area contributed by atoms with Gasteiger partial charge in [0.25, 0.3) is 0 Å². The van der Waals surface area contributed by atoms with Crippen molar-refractivity contribution in [2.24, 2.45) is 56.7 Å². The lowest BCUT2D eigenvalue weighted by molar-refractivity contribution is -0.248. The molecule has 5 saturated carbocycles. The van der Waals surface area contributed by atoms with Crippen molar-refractivity contribution >= 4 is 23.4 Å². The minimum Gasteiger partial charge on any atom is -0.459 e. The molecule has 0 spiro atoms. The molecule has 5 aliphatic carbocycles. The van der Waals surface area contributed by atoms with Gasteiger partial charge in [-0.3, -0.25) is 0 Å². The summed E-state index contributed by atoms with van der Waals surface area (Å²) in [6, 6.07) is 4.06. The molecule has 0 aromatic carbocycles. The van der Waals surface area contributed by atoms with Crippen LogP contribution in [-0.4, -0.2) is 12.1 Å². The van der Waals surface area contributed by atoms with Gasteiger partial charge < -0.3 is 4.74 Å². The zero-order chi connectivity index (χ0) is 28.7. The van der Waals surface area contributed by atoms with Crippen molar-refractivity contribution in [3.63, 3.8) is 0 Å². The number of hydrogen-bond donors (Lipinski definition) is 0. The van der Waals surface area contributed by atoms with E-state index in [2.05, 4.69) is 55.0 Å². The second-order valence-electron chi connectivity index (χ2n) is 16.5. The Labute approximate surface area is 248 Å². The van der Waals surface area contributed by atoms with Gasteiger partial charge in [0.15, 0.2) is 0 Å². The predicted octanol–water partition coefficient (Wildman–Crippen LogP) is 10.4. The van der Waals surface area contributed by atoms with Crippen LogP contribution in [0.4, 0.5) is 0 Å². The molecule has 1 aromatic rings. The molecule has 1 aromatic heterocycles. The molecule has 2 nitrogen and oxygen atoms in total. The van der Waals surface area contributed by atoms with Crippen LogP contribution in [0, 0.1) is 56.7 Å². The molecule has 10 atom stereocenters. The molecule has 40 heavy (non-hydrogen) atoms. The quantitative estimate of drug-likeness (QED) is 0.207. The van der Waals surface area contributed by atoms with E-state index in [9.17, 15) is 4.79 Å². The Morgan fingerprint density at radius 1 is 0.925 bits per heavy atom. The highest BCUT2D eigenvalue weighted by molar-refractivity contribution is 7.10. The lowest BCUT2D eigenvalue weighted by Crippen LogP contribution is -2.66. The minimum absolute atomic E-state index is 0.00690. The minimum atomic E-state index is -0.183. The molecule has 0 N–H and O–H groups in total. The summed E-state index contributed by atoms with van der Waals surface area (Å²) in [6.07, 6.45) is 16.6. The van der Waals surface area contributed by atoms with E-state index in [1.165, 1.54) is 63.4 Å². The zero-order valence-electron chi connectivity index (χ0n) is 26.4. The molecule has 0 radical (unpaired) electrons. The van der Waals surface area contributed by atoms with Crippen LogP contribution in [0.25, 0.3) is 6.08 Å². The molecule has 0 saturated heterocycles. The van der Waals surface area contributed by atoms with E-state index in [1.807, 2.05) is 23.6 Å². The van der Waals surface area contributed by atoms with Crippen LogP contribution >= 0.6 is 11.3 Å². The van der Waals surface area contributed by atoms with Crippen molar-refractivity contribution < 1.29 is 9.53 Å². The largest absolute Gasteiger partial charge is 0.459 e. The first-order chi connectivity index (χ1) is 18.8. The third-order valence-electron chi connectivity index (χ3n) is 14.6. The number of carbonyl (C=O) groups is 1. The Kier molecular flexibility index (Phi) is 6.89. The Hall–Kier alpha value is -1.35. The molecule has 3 heteroatoms. The van der Waals surface area contributed by atoms with Gasteiger partial charge in [0.1, 0.15) is 6.10 Å². The van der Waals surface area contributed by atoms with Crippen LogP contribution in [0.15, 0.2) is 35.7 Å². The lowest BCUT2D eigenvalue weighted by atomic mass is 9.32. The van der Waals surface area contributed by atoms with E-state index in [0.717, 1.165) is 35.0 Å². The van der Waals surface area contributed by atoms with Gasteiger partial charge in [0, 0.05) is 16.4 Å². The maximum Gasteiger partial charge on any atom is 0.331 e. The van der Waals surface area contributed by atoms with Gasteiger partial charge in [0.05, 0.1) is 0 Å². The summed E-state index contributed by atoms with van der Waals surface area (Å²) in [6.45, 7) is 22.4. The third-order valence-corrected chi connectivity index (χ3v) is 15.4. The van der Waals surface area contributed by atoms with Crippen molar-refractivity contribution in [1.29, 1.82) is 0 Å². The van der Waals surface area contributed by atoms with Crippen LogP contribution in [0.5, 0.6) is 0 Å². The van der Waals surface area contributed by atoms with Gasteiger partial charge in [-0.15, -0.1) is 11.3 Å². The maximum atomic E-state index is 12.9. The molecule has 5 aliphatic rings. The van der Waals surface area contributed by atoms with Crippen LogP contribution in [0.1, 0.15) is 118 Å². The van der Waals surface area contributed by atoms with Crippen molar-refractivity contribution in [3.8, 4) is 0 Å². The zero-order valence-corrected chi connectivity index (χ0v) is 27.2.